The Morgan fingerprint density at radius 2 is 1.47 bits per heavy atom. The lowest BCUT2D eigenvalue weighted by molar-refractivity contribution is 0.154. The minimum absolute atomic E-state index is 0.512. The summed E-state index contributed by atoms with van der Waals surface area (Å²) in [6.07, 6.45) is 15.7. The van der Waals surface area contributed by atoms with Crippen LogP contribution in [0.1, 0.15) is 77.6 Å². The maximum Gasteiger partial charge on any atom is 0.00982 e. The minimum Gasteiger partial charge on any atom is -0.327 e. The molecule has 100 valence electrons. The Kier molecular flexibility index (Phi) is 5.34. The molecule has 3 atom stereocenters. The SMILES string of the molecule is CCC1CCCCC1C(N)C1CCCCCC1. The zero-order valence-electron chi connectivity index (χ0n) is 11.7. The summed E-state index contributed by atoms with van der Waals surface area (Å²) in [5.74, 6) is 2.62. The van der Waals surface area contributed by atoms with E-state index in [1.165, 1.54) is 70.6 Å². The molecule has 0 spiro atoms. The molecule has 0 aromatic rings. The first-order valence-corrected chi connectivity index (χ1v) is 8.08. The van der Waals surface area contributed by atoms with Crippen LogP contribution >= 0.6 is 0 Å². The molecule has 1 heteroatoms. The molecule has 2 aliphatic rings. The summed E-state index contributed by atoms with van der Waals surface area (Å²) in [6.45, 7) is 2.36. The molecule has 17 heavy (non-hydrogen) atoms. The standard InChI is InChI=1S/C16H31N/c1-2-13-9-7-8-12-15(13)16(17)14-10-5-3-4-6-11-14/h13-16H,2-12,17H2,1H3. The molecule has 0 aromatic heterocycles. The van der Waals surface area contributed by atoms with Crippen LogP contribution in [0.25, 0.3) is 0 Å². The Bertz CT molecular complexity index is 206. The van der Waals surface area contributed by atoms with Crippen molar-refractivity contribution in [3.8, 4) is 0 Å². The van der Waals surface area contributed by atoms with Gasteiger partial charge < -0.3 is 5.73 Å². The van der Waals surface area contributed by atoms with Crippen molar-refractivity contribution >= 4 is 0 Å². The molecule has 0 aliphatic heterocycles. The predicted molar refractivity (Wildman–Crippen MR) is 74.9 cm³/mol. The number of rotatable bonds is 3. The van der Waals surface area contributed by atoms with Crippen LogP contribution in [-0.2, 0) is 0 Å². The zero-order valence-corrected chi connectivity index (χ0v) is 11.7. The van der Waals surface area contributed by atoms with Crippen molar-refractivity contribution in [1.29, 1.82) is 0 Å². The molecule has 3 unspecified atom stereocenters. The number of hydrogen-bond acceptors (Lipinski definition) is 1. The van der Waals surface area contributed by atoms with Crippen LogP contribution in [0.4, 0.5) is 0 Å². The molecular weight excluding hydrogens is 206 g/mol. The quantitative estimate of drug-likeness (QED) is 0.719. The van der Waals surface area contributed by atoms with E-state index in [1.54, 1.807) is 0 Å². The fraction of sp³-hybridized carbons (Fsp3) is 1.00. The third-order valence-corrected chi connectivity index (χ3v) is 5.43. The van der Waals surface area contributed by atoms with Crippen LogP contribution in [0.2, 0.25) is 0 Å². The predicted octanol–water partition coefficient (Wildman–Crippen LogP) is 4.50. The van der Waals surface area contributed by atoms with E-state index in [1.807, 2.05) is 0 Å². The van der Waals surface area contributed by atoms with Gasteiger partial charge in [-0.3, -0.25) is 0 Å². The van der Waals surface area contributed by atoms with E-state index in [9.17, 15) is 0 Å². The molecule has 2 fully saturated rings. The van der Waals surface area contributed by atoms with Crippen LogP contribution in [0, 0.1) is 17.8 Å². The van der Waals surface area contributed by atoms with Crippen molar-refractivity contribution in [2.45, 2.75) is 83.6 Å². The van der Waals surface area contributed by atoms with Gasteiger partial charge in [-0.1, -0.05) is 58.3 Å². The molecule has 1 nitrogen and oxygen atoms in total. The summed E-state index contributed by atoms with van der Waals surface area (Å²) in [4.78, 5) is 0. The molecule has 0 aromatic carbocycles. The molecule has 0 saturated heterocycles. The molecule has 2 rings (SSSR count). The van der Waals surface area contributed by atoms with Gasteiger partial charge in [-0.2, -0.15) is 0 Å². The van der Waals surface area contributed by atoms with Crippen LogP contribution in [-0.4, -0.2) is 6.04 Å². The van der Waals surface area contributed by atoms with Gasteiger partial charge in [-0.25, -0.2) is 0 Å². The lowest BCUT2D eigenvalue weighted by atomic mass is 9.70. The molecule has 0 radical (unpaired) electrons. The van der Waals surface area contributed by atoms with Gasteiger partial charge in [0.1, 0.15) is 0 Å². The van der Waals surface area contributed by atoms with Crippen molar-refractivity contribution in [3.05, 3.63) is 0 Å². The molecule has 0 heterocycles. The highest BCUT2D eigenvalue weighted by atomic mass is 14.7. The summed E-state index contributed by atoms with van der Waals surface area (Å²) in [7, 11) is 0. The lowest BCUT2D eigenvalue weighted by Gasteiger charge is -2.38. The van der Waals surface area contributed by atoms with Crippen molar-refractivity contribution in [3.63, 3.8) is 0 Å². The molecule has 0 amide bonds. The molecule has 2 saturated carbocycles. The summed E-state index contributed by atoms with van der Waals surface area (Å²) in [5, 5.41) is 0. The van der Waals surface area contributed by atoms with E-state index in [0.717, 1.165) is 17.8 Å². The monoisotopic (exact) mass is 237 g/mol. The Hall–Kier alpha value is -0.0400. The van der Waals surface area contributed by atoms with Gasteiger partial charge in [-0.05, 0) is 37.0 Å². The summed E-state index contributed by atoms with van der Waals surface area (Å²) < 4.78 is 0. The smallest absolute Gasteiger partial charge is 0.00982 e. The van der Waals surface area contributed by atoms with Gasteiger partial charge in [0.2, 0.25) is 0 Å². The molecule has 2 N–H and O–H groups in total. The molecule has 0 bridgehead atoms. The third kappa shape index (κ3) is 3.47. The molecule has 2 aliphatic carbocycles. The van der Waals surface area contributed by atoms with Crippen LogP contribution in [0.3, 0.4) is 0 Å². The maximum absolute atomic E-state index is 6.66. The fourth-order valence-corrected chi connectivity index (χ4v) is 4.30. The summed E-state index contributed by atoms with van der Waals surface area (Å²) in [5.41, 5.74) is 6.66. The fourth-order valence-electron chi connectivity index (χ4n) is 4.30. The van der Waals surface area contributed by atoms with Crippen LogP contribution in [0.5, 0.6) is 0 Å². The first-order chi connectivity index (χ1) is 8.33. The highest BCUT2D eigenvalue weighted by molar-refractivity contribution is 4.87. The van der Waals surface area contributed by atoms with Gasteiger partial charge in [0.15, 0.2) is 0 Å². The normalized spacial score (nSPS) is 34.2. The van der Waals surface area contributed by atoms with E-state index < -0.39 is 0 Å². The van der Waals surface area contributed by atoms with Gasteiger partial charge in [-0.15, -0.1) is 0 Å². The third-order valence-electron chi connectivity index (χ3n) is 5.43. The summed E-state index contributed by atoms with van der Waals surface area (Å²) >= 11 is 0. The highest BCUT2D eigenvalue weighted by Gasteiger charge is 2.33. The second-order valence-corrected chi connectivity index (χ2v) is 6.45. The molecular formula is C16H31N. The van der Waals surface area contributed by atoms with Gasteiger partial charge in [0, 0.05) is 6.04 Å². The minimum atomic E-state index is 0.512. The second kappa shape index (κ2) is 6.78. The average Bonchev–Trinajstić information content (AvgIpc) is 2.66. The lowest BCUT2D eigenvalue weighted by Crippen LogP contribution is -2.42. The van der Waals surface area contributed by atoms with Crippen molar-refractivity contribution < 1.29 is 0 Å². The zero-order chi connectivity index (χ0) is 12.1. The van der Waals surface area contributed by atoms with Gasteiger partial charge >= 0.3 is 0 Å². The Balaban J connectivity index is 1.93. The average molecular weight is 237 g/mol. The van der Waals surface area contributed by atoms with E-state index in [2.05, 4.69) is 6.92 Å². The Morgan fingerprint density at radius 1 is 0.882 bits per heavy atom. The van der Waals surface area contributed by atoms with E-state index >= 15 is 0 Å². The van der Waals surface area contributed by atoms with Crippen molar-refractivity contribution in [1.82, 2.24) is 0 Å². The highest BCUT2D eigenvalue weighted by Crippen LogP contribution is 2.38. The van der Waals surface area contributed by atoms with Crippen molar-refractivity contribution in [2.75, 3.05) is 0 Å². The number of hydrogen-bond donors (Lipinski definition) is 1. The first kappa shape index (κ1) is 13.4. The Morgan fingerprint density at radius 3 is 2.12 bits per heavy atom. The van der Waals surface area contributed by atoms with Gasteiger partial charge in [0.25, 0.3) is 0 Å². The maximum atomic E-state index is 6.66. The van der Waals surface area contributed by atoms with Crippen LogP contribution < -0.4 is 5.73 Å². The first-order valence-electron chi connectivity index (χ1n) is 8.08. The second-order valence-electron chi connectivity index (χ2n) is 6.45. The largest absolute Gasteiger partial charge is 0.327 e. The number of nitrogens with two attached hydrogens (primary N) is 1. The van der Waals surface area contributed by atoms with Crippen molar-refractivity contribution in [2.24, 2.45) is 23.5 Å². The summed E-state index contributed by atoms with van der Waals surface area (Å²) in [6, 6.07) is 0.512. The van der Waals surface area contributed by atoms with E-state index in [0.29, 0.717) is 6.04 Å². The van der Waals surface area contributed by atoms with E-state index in [4.69, 9.17) is 5.73 Å². The topological polar surface area (TPSA) is 26.0 Å². The van der Waals surface area contributed by atoms with E-state index in [-0.39, 0.29) is 0 Å². The van der Waals surface area contributed by atoms with Gasteiger partial charge in [0.05, 0.1) is 0 Å². The van der Waals surface area contributed by atoms with Crippen LogP contribution in [0.15, 0.2) is 0 Å². The Labute approximate surface area is 108 Å².